The number of hydrogen-bond donors (Lipinski definition) is 1. The summed E-state index contributed by atoms with van der Waals surface area (Å²) in [5, 5.41) is 10.9. The zero-order valence-electron chi connectivity index (χ0n) is 11.2. The SMILES string of the molecule is Cc1c(O)cc2c(C)c(-c3[c]cccc3)oc2c1C. The first kappa shape index (κ1) is 11.8. The standard InChI is InChI=1S/C17H15O2/c1-10-11(2)17-14(9-15(10)18)12(3)16(19-17)13-7-5-4-6-8-13/h4-7,9,18H,1-3H3. The van der Waals surface area contributed by atoms with Gasteiger partial charge in [0.25, 0.3) is 0 Å². The summed E-state index contributed by atoms with van der Waals surface area (Å²) in [5.74, 6) is 1.14. The second-order valence-corrected chi connectivity index (χ2v) is 4.85. The lowest BCUT2D eigenvalue weighted by atomic mass is 10.0. The zero-order chi connectivity index (χ0) is 13.6. The van der Waals surface area contributed by atoms with Gasteiger partial charge in [-0.25, -0.2) is 0 Å². The van der Waals surface area contributed by atoms with E-state index in [9.17, 15) is 5.11 Å². The Bertz CT molecular complexity index is 752. The molecule has 1 heterocycles. The van der Waals surface area contributed by atoms with Gasteiger partial charge in [0, 0.05) is 16.5 Å². The zero-order valence-corrected chi connectivity index (χ0v) is 11.2. The summed E-state index contributed by atoms with van der Waals surface area (Å²) in [6.07, 6.45) is 0. The fourth-order valence-electron chi connectivity index (χ4n) is 2.38. The van der Waals surface area contributed by atoms with Crippen LogP contribution in [0.1, 0.15) is 16.7 Å². The molecule has 3 aromatic rings. The summed E-state index contributed by atoms with van der Waals surface area (Å²) >= 11 is 0. The summed E-state index contributed by atoms with van der Waals surface area (Å²) in [7, 11) is 0. The van der Waals surface area contributed by atoms with Crippen LogP contribution in [-0.2, 0) is 0 Å². The van der Waals surface area contributed by atoms with Crippen LogP contribution >= 0.6 is 0 Å². The summed E-state index contributed by atoms with van der Waals surface area (Å²) < 4.78 is 6.01. The molecule has 0 saturated heterocycles. The molecular formula is C17H15O2. The fraction of sp³-hybridized carbons (Fsp3) is 0.176. The van der Waals surface area contributed by atoms with Crippen molar-refractivity contribution in [3.8, 4) is 17.1 Å². The van der Waals surface area contributed by atoms with Crippen molar-refractivity contribution in [1.29, 1.82) is 0 Å². The second-order valence-electron chi connectivity index (χ2n) is 4.85. The Balaban J connectivity index is 2.36. The van der Waals surface area contributed by atoms with Crippen molar-refractivity contribution in [2.45, 2.75) is 20.8 Å². The highest BCUT2D eigenvalue weighted by Gasteiger charge is 2.16. The number of phenolic OH excluding ortho intramolecular Hbond substituents is 1. The van der Waals surface area contributed by atoms with Gasteiger partial charge in [0.15, 0.2) is 0 Å². The molecule has 2 heteroatoms. The van der Waals surface area contributed by atoms with E-state index in [2.05, 4.69) is 6.07 Å². The Labute approximate surface area is 112 Å². The smallest absolute Gasteiger partial charge is 0.138 e. The van der Waals surface area contributed by atoms with Gasteiger partial charge in [0.1, 0.15) is 17.1 Å². The van der Waals surface area contributed by atoms with Crippen LogP contribution < -0.4 is 0 Å². The summed E-state index contributed by atoms with van der Waals surface area (Å²) in [6.45, 7) is 5.88. The first-order valence-electron chi connectivity index (χ1n) is 6.29. The van der Waals surface area contributed by atoms with E-state index >= 15 is 0 Å². The van der Waals surface area contributed by atoms with E-state index in [1.54, 1.807) is 6.07 Å². The molecule has 3 rings (SSSR count). The van der Waals surface area contributed by atoms with Crippen molar-refractivity contribution in [2.24, 2.45) is 0 Å². The molecule has 0 aliphatic carbocycles. The molecule has 0 unspecified atom stereocenters. The van der Waals surface area contributed by atoms with Crippen molar-refractivity contribution in [2.75, 3.05) is 0 Å². The third kappa shape index (κ3) is 1.72. The number of aryl methyl sites for hydroxylation is 2. The van der Waals surface area contributed by atoms with Gasteiger partial charge in [-0.3, -0.25) is 0 Å². The second kappa shape index (κ2) is 4.16. The van der Waals surface area contributed by atoms with Crippen LogP contribution in [0.3, 0.4) is 0 Å². The van der Waals surface area contributed by atoms with Gasteiger partial charge in [-0.1, -0.05) is 24.3 Å². The number of furan rings is 1. The van der Waals surface area contributed by atoms with Crippen LogP contribution in [-0.4, -0.2) is 5.11 Å². The number of fused-ring (bicyclic) bond motifs is 1. The van der Waals surface area contributed by atoms with Gasteiger partial charge in [0.2, 0.25) is 0 Å². The van der Waals surface area contributed by atoms with Crippen molar-refractivity contribution in [3.63, 3.8) is 0 Å². The van der Waals surface area contributed by atoms with Gasteiger partial charge in [-0.2, -0.15) is 0 Å². The summed E-state index contributed by atoms with van der Waals surface area (Å²) in [6, 6.07) is 12.7. The lowest BCUT2D eigenvalue weighted by Gasteiger charge is -2.03. The topological polar surface area (TPSA) is 33.4 Å². The number of rotatable bonds is 1. The Morgan fingerprint density at radius 1 is 1.05 bits per heavy atom. The predicted octanol–water partition coefficient (Wildman–Crippen LogP) is 4.53. The van der Waals surface area contributed by atoms with E-state index in [1.807, 2.05) is 45.0 Å². The minimum absolute atomic E-state index is 0.317. The van der Waals surface area contributed by atoms with E-state index in [4.69, 9.17) is 4.42 Å². The van der Waals surface area contributed by atoms with Gasteiger partial charge in [-0.05, 0) is 44.0 Å². The molecule has 1 N–H and O–H groups in total. The fourth-order valence-corrected chi connectivity index (χ4v) is 2.38. The minimum atomic E-state index is 0.317. The number of hydrogen-bond acceptors (Lipinski definition) is 2. The third-order valence-electron chi connectivity index (χ3n) is 3.72. The molecule has 0 fully saturated rings. The molecule has 0 bridgehead atoms. The lowest BCUT2D eigenvalue weighted by Crippen LogP contribution is -1.82. The average molecular weight is 251 g/mol. The van der Waals surface area contributed by atoms with Crippen LogP contribution in [0.2, 0.25) is 0 Å². The molecule has 1 aromatic heterocycles. The summed E-state index contributed by atoms with van der Waals surface area (Å²) in [5.41, 5.74) is 4.67. The number of aromatic hydroxyl groups is 1. The molecule has 0 aliphatic heterocycles. The molecule has 0 saturated carbocycles. The molecule has 0 aliphatic rings. The van der Waals surface area contributed by atoms with E-state index in [-0.39, 0.29) is 0 Å². The monoisotopic (exact) mass is 251 g/mol. The molecule has 0 atom stereocenters. The van der Waals surface area contributed by atoms with Crippen LogP contribution in [0.15, 0.2) is 34.7 Å². The predicted molar refractivity (Wildman–Crippen MR) is 76.4 cm³/mol. The molecule has 95 valence electrons. The van der Waals surface area contributed by atoms with Gasteiger partial charge >= 0.3 is 0 Å². The summed E-state index contributed by atoms with van der Waals surface area (Å²) in [4.78, 5) is 0. The normalized spacial score (nSPS) is 11.1. The van der Waals surface area contributed by atoms with E-state index in [0.29, 0.717) is 5.75 Å². The molecule has 2 aromatic carbocycles. The Kier molecular flexibility index (Phi) is 2.59. The first-order valence-corrected chi connectivity index (χ1v) is 6.29. The average Bonchev–Trinajstić information content (AvgIpc) is 2.75. The molecular weight excluding hydrogens is 236 g/mol. The van der Waals surface area contributed by atoms with Crippen LogP contribution in [0, 0.1) is 26.8 Å². The van der Waals surface area contributed by atoms with Crippen LogP contribution in [0.25, 0.3) is 22.3 Å². The van der Waals surface area contributed by atoms with Gasteiger partial charge < -0.3 is 9.52 Å². The number of phenols is 1. The van der Waals surface area contributed by atoms with Gasteiger partial charge in [-0.15, -0.1) is 0 Å². The highest BCUT2D eigenvalue weighted by Crippen LogP contribution is 2.38. The molecule has 2 nitrogen and oxygen atoms in total. The lowest BCUT2D eigenvalue weighted by molar-refractivity contribution is 0.471. The maximum atomic E-state index is 9.95. The van der Waals surface area contributed by atoms with Crippen molar-refractivity contribution < 1.29 is 9.52 Å². The highest BCUT2D eigenvalue weighted by molar-refractivity contribution is 5.91. The molecule has 0 spiro atoms. The Morgan fingerprint density at radius 3 is 2.53 bits per heavy atom. The Hall–Kier alpha value is -2.22. The number of benzene rings is 2. The van der Waals surface area contributed by atoms with Crippen molar-refractivity contribution >= 4 is 11.0 Å². The maximum absolute atomic E-state index is 9.95. The minimum Gasteiger partial charge on any atom is -0.508 e. The first-order chi connectivity index (χ1) is 9.09. The molecule has 0 amide bonds. The maximum Gasteiger partial charge on any atom is 0.138 e. The van der Waals surface area contributed by atoms with E-state index < -0.39 is 0 Å². The van der Waals surface area contributed by atoms with Crippen molar-refractivity contribution in [3.05, 3.63) is 53.1 Å². The molecule has 19 heavy (non-hydrogen) atoms. The molecule has 1 radical (unpaired) electrons. The van der Waals surface area contributed by atoms with Crippen LogP contribution in [0.5, 0.6) is 5.75 Å². The Morgan fingerprint density at radius 2 is 1.84 bits per heavy atom. The van der Waals surface area contributed by atoms with E-state index in [0.717, 1.165) is 39.0 Å². The van der Waals surface area contributed by atoms with E-state index in [1.165, 1.54) is 0 Å². The quantitative estimate of drug-likeness (QED) is 0.689. The largest absolute Gasteiger partial charge is 0.508 e. The third-order valence-corrected chi connectivity index (χ3v) is 3.72. The van der Waals surface area contributed by atoms with Crippen LogP contribution in [0.4, 0.5) is 0 Å². The highest BCUT2D eigenvalue weighted by atomic mass is 16.3. The van der Waals surface area contributed by atoms with Crippen molar-refractivity contribution in [1.82, 2.24) is 0 Å². The van der Waals surface area contributed by atoms with Gasteiger partial charge in [0.05, 0.1) is 0 Å².